The highest BCUT2D eigenvalue weighted by molar-refractivity contribution is 6.29. The van der Waals surface area contributed by atoms with Crippen molar-refractivity contribution in [3.05, 3.63) is 120 Å². The van der Waals surface area contributed by atoms with E-state index in [1.807, 2.05) is 72.8 Å². The van der Waals surface area contributed by atoms with Gasteiger partial charge in [-0.15, -0.1) is 0 Å². The van der Waals surface area contributed by atoms with Crippen molar-refractivity contribution in [2.45, 2.75) is 6.54 Å². The van der Waals surface area contributed by atoms with Gasteiger partial charge in [0.15, 0.2) is 0 Å². The summed E-state index contributed by atoms with van der Waals surface area (Å²) in [6.45, 7) is 0.416. The van der Waals surface area contributed by atoms with Gasteiger partial charge >= 0.3 is 0 Å². The van der Waals surface area contributed by atoms with Crippen LogP contribution in [0, 0.1) is 5.82 Å². The lowest BCUT2D eigenvalue weighted by atomic mass is 10.0. The van der Waals surface area contributed by atoms with Crippen molar-refractivity contribution in [2.75, 3.05) is 5.32 Å². The first-order valence-electron chi connectivity index (χ1n) is 9.58. The van der Waals surface area contributed by atoms with Crippen LogP contribution >= 0.6 is 0 Å². The highest BCUT2D eigenvalue weighted by atomic mass is 19.1. The standard InChI is InChI=1S/C25H20FN3O/c26-22-13-7-10-20(14-22)17-29-18-23(16-27-29)28-25(30)24(21-11-5-2-6-12-21)15-19-8-3-1-4-9-19/h1-16,18H,17H2,(H,28,30)/b24-15-. The number of carbonyl (C=O) groups is 1. The second-order valence-electron chi connectivity index (χ2n) is 6.85. The minimum absolute atomic E-state index is 0.227. The lowest BCUT2D eigenvalue weighted by molar-refractivity contribution is -0.111. The molecule has 0 saturated carbocycles. The maximum absolute atomic E-state index is 13.4. The topological polar surface area (TPSA) is 46.9 Å². The Hall–Kier alpha value is -3.99. The van der Waals surface area contributed by atoms with Crippen molar-refractivity contribution < 1.29 is 9.18 Å². The molecule has 5 heteroatoms. The number of rotatable bonds is 6. The van der Waals surface area contributed by atoms with Gasteiger partial charge < -0.3 is 5.32 Å². The SMILES string of the molecule is O=C(Nc1cnn(Cc2cccc(F)c2)c1)/C(=C\c1ccccc1)c1ccccc1. The normalized spacial score (nSPS) is 11.3. The van der Waals surface area contributed by atoms with Crippen LogP contribution in [-0.2, 0) is 11.3 Å². The molecule has 0 fully saturated rings. The second-order valence-corrected chi connectivity index (χ2v) is 6.85. The third-order valence-corrected chi connectivity index (χ3v) is 4.56. The van der Waals surface area contributed by atoms with E-state index in [9.17, 15) is 9.18 Å². The summed E-state index contributed by atoms with van der Waals surface area (Å²) in [5.74, 6) is -0.512. The van der Waals surface area contributed by atoms with Gasteiger partial charge in [-0.25, -0.2) is 4.39 Å². The van der Waals surface area contributed by atoms with E-state index in [4.69, 9.17) is 0 Å². The lowest BCUT2D eigenvalue weighted by Crippen LogP contribution is -2.13. The number of halogens is 1. The van der Waals surface area contributed by atoms with E-state index in [-0.39, 0.29) is 11.7 Å². The molecule has 1 aromatic heterocycles. The van der Waals surface area contributed by atoms with Crippen molar-refractivity contribution in [3.8, 4) is 0 Å². The zero-order valence-electron chi connectivity index (χ0n) is 16.2. The molecular weight excluding hydrogens is 377 g/mol. The van der Waals surface area contributed by atoms with Crippen LogP contribution in [0.25, 0.3) is 11.6 Å². The summed E-state index contributed by atoms with van der Waals surface area (Å²) in [4.78, 5) is 13.1. The molecule has 3 aromatic carbocycles. The summed E-state index contributed by atoms with van der Waals surface area (Å²) < 4.78 is 15.0. The number of benzene rings is 3. The monoisotopic (exact) mass is 397 g/mol. The molecule has 0 aliphatic heterocycles. The van der Waals surface area contributed by atoms with Crippen LogP contribution in [0.2, 0.25) is 0 Å². The Morgan fingerprint density at radius 3 is 2.43 bits per heavy atom. The first kappa shape index (κ1) is 19.3. The van der Waals surface area contributed by atoms with Gasteiger partial charge in [0.1, 0.15) is 5.82 Å². The Morgan fingerprint density at radius 1 is 0.967 bits per heavy atom. The van der Waals surface area contributed by atoms with Crippen molar-refractivity contribution >= 4 is 23.2 Å². The quantitative estimate of drug-likeness (QED) is 0.357. The van der Waals surface area contributed by atoms with E-state index < -0.39 is 0 Å². The smallest absolute Gasteiger partial charge is 0.256 e. The molecule has 1 heterocycles. The predicted molar refractivity (Wildman–Crippen MR) is 117 cm³/mol. The molecule has 1 N–H and O–H groups in total. The Kier molecular flexibility index (Phi) is 5.80. The van der Waals surface area contributed by atoms with Crippen molar-refractivity contribution in [1.82, 2.24) is 9.78 Å². The van der Waals surface area contributed by atoms with E-state index in [0.717, 1.165) is 16.7 Å². The van der Waals surface area contributed by atoms with Crippen LogP contribution in [0.5, 0.6) is 0 Å². The molecule has 4 rings (SSSR count). The van der Waals surface area contributed by atoms with Gasteiger partial charge in [0.25, 0.3) is 5.91 Å². The number of anilines is 1. The predicted octanol–water partition coefficient (Wildman–Crippen LogP) is 5.25. The number of nitrogens with one attached hydrogen (secondary N) is 1. The second kappa shape index (κ2) is 9.01. The molecule has 0 radical (unpaired) electrons. The van der Waals surface area contributed by atoms with Gasteiger partial charge in [0, 0.05) is 11.8 Å². The van der Waals surface area contributed by atoms with Crippen molar-refractivity contribution in [1.29, 1.82) is 0 Å². The van der Waals surface area contributed by atoms with E-state index in [2.05, 4.69) is 10.4 Å². The molecule has 0 aliphatic rings. The molecule has 4 aromatic rings. The van der Waals surface area contributed by atoms with Crippen molar-refractivity contribution in [3.63, 3.8) is 0 Å². The number of aromatic nitrogens is 2. The van der Waals surface area contributed by atoms with Crippen LogP contribution in [0.3, 0.4) is 0 Å². The maximum atomic E-state index is 13.4. The van der Waals surface area contributed by atoms with Crippen LogP contribution in [0.1, 0.15) is 16.7 Å². The summed E-state index contributed by atoms with van der Waals surface area (Å²) in [6, 6.07) is 25.6. The summed E-state index contributed by atoms with van der Waals surface area (Å²) in [7, 11) is 0. The maximum Gasteiger partial charge on any atom is 0.256 e. The molecule has 0 aliphatic carbocycles. The minimum Gasteiger partial charge on any atom is -0.319 e. The summed E-state index contributed by atoms with van der Waals surface area (Å²) in [5.41, 5.74) is 3.69. The Labute approximate surface area is 174 Å². The largest absolute Gasteiger partial charge is 0.319 e. The molecular formula is C25H20FN3O. The molecule has 0 spiro atoms. The fraction of sp³-hybridized carbons (Fsp3) is 0.0400. The fourth-order valence-electron chi connectivity index (χ4n) is 3.15. The summed E-state index contributed by atoms with van der Waals surface area (Å²) >= 11 is 0. The van der Waals surface area contributed by atoms with Gasteiger partial charge in [-0.05, 0) is 34.9 Å². The molecule has 0 saturated heterocycles. The van der Waals surface area contributed by atoms with Crippen LogP contribution in [0.15, 0.2) is 97.3 Å². The first-order valence-corrected chi connectivity index (χ1v) is 9.58. The van der Waals surface area contributed by atoms with Gasteiger partial charge in [-0.2, -0.15) is 5.10 Å². The summed E-state index contributed by atoms with van der Waals surface area (Å²) in [5, 5.41) is 7.18. The average Bonchev–Trinajstić information content (AvgIpc) is 3.20. The zero-order valence-corrected chi connectivity index (χ0v) is 16.2. The van der Waals surface area contributed by atoms with Gasteiger partial charge in [0.05, 0.1) is 18.4 Å². The minimum atomic E-state index is -0.285. The molecule has 1 amide bonds. The van der Waals surface area contributed by atoms with E-state index >= 15 is 0 Å². The van der Waals surface area contributed by atoms with E-state index in [0.29, 0.717) is 17.8 Å². The third-order valence-electron chi connectivity index (χ3n) is 4.56. The van der Waals surface area contributed by atoms with Gasteiger partial charge in [0.2, 0.25) is 0 Å². The molecule has 0 bridgehead atoms. The highest BCUT2D eigenvalue weighted by Gasteiger charge is 2.13. The molecule has 4 nitrogen and oxygen atoms in total. The highest BCUT2D eigenvalue weighted by Crippen LogP contribution is 2.21. The number of amides is 1. The summed E-state index contributed by atoms with van der Waals surface area (Å²) in [6.07, 6.45) is 5.18. The van der Waals surface area contributed by atoms with Crippen LogP contribution in [0.4, 0.5) is 10.1 Å². The van der Waals surface area contributed by atoms with E-state index in [1.165, 1.54) is 12.1 Å². The third kappa shape index (κ3) is 4.89. The van der Waals surface area contributed by atoms with Gasteiger partial charge in [-0.1, -0.05) is 72.8 Å². The lowest BCUT2D eigenvalue weighted by Gasteiger charge is -2.08. The molecule has 0 atom stereocenters. The molecule has 30 heavy (non-hydrogen) atoms. The molecule has 0 unspecified atom stereocenters. The van der Waals surface area contributed by atoms with Crippen molar-refractivity contribution in [2.24, 2.45) is 0 Å². The Bertz CT molecular complexity index is 1170. The van der Waals surface area contributed by atoms with E-state index in [1.54, 1.807) is 23.1 Å². The Balaban J connectivity index is 1.55. The number of hydrogen-bond donors (Lipinski definition) is 1. The van der Waals surface area contributed by atoms with Crippen LogP contribution in [-0.4, -0.2) is 15.7 Å². The first-order chi connectivity index (χ1) is 14.7. The average molecular weight is 397 g/mol. The molecule has 148 valence electrons. The Morgan fingerprint density at radius 2 is 1.70 bits per heavy atom. The number of carbonyl (C=O) groups excluding carboxylic acids is 1. The van der Waals surface area contributed by atoms with Gasteiger partial charge in [-0.3, -0.25) is 9.48 Å². The zero-order chi connectivity index (χ0) is 20.8. The number of hydrogen-bond acceptors (Lipinski definition) is 2. The fourth-order valence-corrected chi connectivity index (χ4v) is 3.15. The van der Waals surface area contributed by atoms with Crippen LogP contribution < -0.4 is 5.32 Å². The number of nitrogens with zero attached hydrogens (tertiary/aromatic N) is 2.